The van der Waals surface area contributed by atoms with E-state index in [4.69, 9.17) is 0 Å². The van der Waals surface area contributed by atoms with E-state index in [1.54, 1.807) is 5.19 Å². The Morgan fingerprint density at radius 1 is 0.833 bits per heavy atom. The van der Waals surface area contributed by atoms with Crippen LogP contribution in [0.5, 0.6) is 0 Å². The molecule has 0 N–H and O–H groups in total. The maximum Gasteiger partial charge on any atom is 0.224 e. The molecule has 3 heterocycles. The van der Waals surface area contributed by atoms with Crippen molar-refractivity contribution in [3.63, 3.8) is 0 Å². The van der Waals surface area contributed by atoms with Crippen LogP contribution in [0.25, 0.3) is 49.0 Å². The van der Waals surface area contributed by atoms with Gasteiger partial charge < -0.3 is 4.40 Å². The summed E-state index contributed by atoms with van der Waals surface area (Å²) in [6.07, 6.45) is 3.39. The molecule has 184 valence electrons. The predicted octanol–water partition coefficient (Wildman–Crippen LogP) is 8.04. The lowest BCUT2D eigenvalue weighted by atomic mass is 9.99. The molecule has 3 aromatic heterocycles. The summed E-state index contributed by atoms with van der Waals surface area (Å²) in [4.78, 5) is 0. The summed E-state index contributed by atoms with van der Waals surface area (Å²) in [5, 5.41) is 8.57. The van der Waals surface area contributed by atoms with Crippen LogP contribution in [-0.2, 0) is 13.5 Å². The first kappa shape index (κ1) is 23.5. The first-order valence-electron chi connectivity index (χ1n) is 13.9. The second-order valence-corrected chi connectivity index (χ2v) is 16.8. The Morgan fingerprint density at radius 2 is 1.56 bits per heavy atom. The molecule has 3 heteroatoms. The van der Waals surface area contributed by atoms with Crippen LogP contribution in [-0.4, -0.2) is 12.5 Å². The van der Waals surface area contributed by atoms with Gasteiger partial charge in [0.15, 0.2) is 6.20 Å². The Morgan fingerprint density at radius 3 is 2.25 bits per heavy atom. The molecular weight excluding hydrogens is 452 g/mol. The maximum atomic E-state index is 2.63. The fraction of sp³-hybridized carbons (Fsp3) is 0.364. The number of rotatable bonds is 6. The van der Waals surface area contributed by atoms with Gasteiger partial charge in [0, 0.05) is 16.8 Å². The number of nitrogens with zero attached hydrogens (tertiary/aromatic N) is 2. The molecule has 2 nitrogen and oxygen atoms in total. The minimum Gasteiger partial charge on any atom is -0.307 e. The summed E-state index contributed by atoms with van der Waals surface area (Å²) >= 11 is 0. The molecule has 0 fully saturated rings. The number of pyridine rings is 2. The van der Waals surface area contributed by atoms with E-state index < -0.39 is 8.07 Å². The zero-order chi connectivity index (χ0) is 25.4. The fourth-order valence-corrected chi connectivity index (χ4v) is 10.7. The highest BCUT2D eigenvalue weighted by atomic mass is 28.3. The van der Waals surface area contributed by atoms with Crippen molar-refractivity contribution < 1.29 is 4.57 Å². The van der Waals surface area contributed by atoms with Crippen LogP contribution < -0.4 is 9.75 Å². The van der Waals surface area contributed by atoms with Gasteiger partial charge in [-0.05, 0) is 47.9 Å². The number of aromatic nitrogens is 2. The van der Waals surface area contributed by atoms with Gasteiger partial charge in [-0.1, -0.05) is 88.3 Å². The molecule has 3 aromatic carbocycles. The second-order valence-electron chi connectivity index (χ2n) is 11.5. The van der Waals surface area contributed by atoms with E-state index in [2.05, 4.69) is 112 Å². The molecule has 0 saturated carbocycles. The minimum absolute atomic E-state index is 0.645. The minimum atomic E-state index is -1.55. The summed E-state index contributed by atoms with van der Waals surface area (Å²) in [7, 11) is 0.664. The van der Waals surface area contributed by atoms with Crippen LogP contribution in [0.2, 0.25) is 18.1 Å². The van der Waals surface area contributed by atoms with Gasteiger partial charge in [0.25, 0.3) is 0 Å². The first-order chi connectivity index (χ1) is 17.3. The Bertz CT molecular complexity index is 1760. The number of benzene rings is 3. The number of fused-ring (bicyclic) bond motifs is 5. The Labute approximate surface area is 215 Å². The molecule has 0 aliphatic heterocycles. The van der Waals surface area contributed by atoms with Gasteiger partial charge in [-0.2, -0.15) is 0 Å². The topological polar surface area (TPSA) is 8.29 Å². The summed E-state index contributed by atoms with van der Waals surface area (Å²) in [6.45, 7) is 14.2. The van der Waals surface area contributed by atoms with E-state index in [1.807, 2.05) is 0 Å². The van der Waals surface area contributed by atoms with Crippen LogP contribution in [0.3, 0.4) is 0 Å². The monoisotopic (exact) mass is 491 g/mol. The number of aryl methyl sites for hydroxylation is 2. The van der Waals surface area contributed by atoms with Crippen molar-refractivity contribution in [2.75, 3.05) is 0 Å². The Balaban J connectivity index is 1.91. The van der Waals surface area contributed by atoms with E-state index >= 15 is 0 Å². The molecule has 0 aliphatic rings. The Kier molecular flexibility index (Phi) is 5.42. The fourth-order valence-electron chi connectivity index (χ4n) is 7.03. The lowest BCUT2D eigenvalue weighted by Gasteiger charge is -2.29. The van der Waals surface area contributed by atoms with Crippen LogP contribution in [0.1, 0.15) is 45.7 Å². The van der Waals surface area contributed by atoms with Crippen LogP contribution >= 0.6 is 0 Å². The smallest absolute Gasteiger partial charge is 0.224 e. The summed E-state index contributed by atoms with van der Waals surface area (Å²) in [5.74, 6) is 0.645. The van der Waals surface area contributed by atoms with Gasteiger partial charge in [-0.15, -0.1) is 0 Å². The molecule has 6 aromatic rings. The summed E-state index contributed by atoms with van der Waals surface area (Å²) < 4.78 is 4.98. The van der Waals surface area contributed by atoms with Gasteiger partial charge in [0.2, 0.25) is 5.52 Å². The maximum absolute atomic E-state index is 2.63. The van der Waals surface area contributed by atoms with Gasteiger partial charge in [0.1, 0.15) is 7.05 Å². The van der Waals surface area contributed by atoms with Crippen LogP contribution in [0, 0.1) is 12.8 Å². The van der Waals surface area contributed by atoms with E-state index in [-0.39, 0.29) is 0 Å². The van der Waals surface area contributed by atoms with Crippen molar-refractivity contribution in [2.45, 2.75) is 66.1 Å². The van der Waals surface area contributed by atoms with Gasteiger partial charge in [-0.3, -0.25) is 0 Å². The van der Waals surface area contributed by atoms with Crippen LogP contribution in [0.15, 0.2) is 54.7 Å². The highest BCUT2D eigenvalue weighted by molar-refractivity contribution is 6.92. The van der Waals surface area contributed by atoms with Crippen molar-refractivity contribution in [1.29, 1.82) is 0 Å². The molecule has 0 atom stereocenters. The number of hydrogen-bond acceptors (Lipinski definition) is 0. The molecule has 6 rings (SSSR count). The molecule has 0 radical (unpaired) electrons. The lowest BCUT2D eigenvalue weighted by molar-refractivity contribution is -0.643. The van der Waals surface area contributed by atoms with E-state index in [9.17, 15) is 0 Å². The first-order valence-corrected chi connectivity index (χ1v) is 16.5. The Hall–Kier alpha value is -2.91. The second kappa shape index (κ2) is 8.31. The van der Waals surface area contributed by atoms with E-state index in [1.165, 1.54) is 78.3 Å². The van der Waals surface area contributed by atoms with E-state index in [0.717, 1.165) is 6.42 Å². The molecule has 0 aliphatic carbocycles. The normalized spacial score (nSPS) is 13.0. The predicted molar refractivity (Wildman–Crippen MR) is 160 cm³/mol. The molecule has 0 amide bonds. The third kappa shape index (κ3) is 3.11. The van der Waals surface area contributed by atoms with Gasteiger partial charge in [0.05, 0.1) is 35.4 Å². The largest absolute Gasteiger partial charge is 0.307 e. The van der Waals surface area contributed by atoms with Gasteiger partial charge in [-0.25, -0.2) is 4.57 Å². The zero-order valence-electron chi connectivity index (χ0n) is 23.0. The SMILES string of the molecule is CC[Si](CC)(CC)c1cc2cc[n+](C)c3c4c(C)ccc5c6ccc(CC(C)C)cc6n(c(c1)c23)c54. The van der Waals surface area contributed by atoms with Crippen molar-refractivity contribution in [3.05, 3.63) is 65.9 Å². The van der Waals surface area contributed by atoms with Crippen molar-refractivity contribution in [2.24, 2.45) is 13.0 Å². The molecule has 0 saturated heterocycles. The molecule has 0 bridgehead atoms. The highest BCUT2D eigenvalue weighted by Gasteiger charge is 2.32. The highest BCUT2D eigenvalue weighted by Crippen LogP contribution is 2.41. The standard InChI is InChI=1S/C33H39N2Si/c1-8-36(9-2,10-3)25-19-24-15-16-34(7)33-30-22(6)11-13-27-26-14-12-23(17-21(4)5)18-28(26)35(32(27)30)29(20-25)31(24)33/h11-16,18-21H,8-10,17H2,1-7H3/q+1. The zero-order valence-corrected chi connectivity index (χ0v) is 24.0. The average molecular weight is 492 g/mol. The third-order valence-corrected chi connectivity index (χ3v) is 14.8. The summed E-state index contributed by atoms with van der Waals surface area (Å²) in [6, 6.07) is 23.3. The van der Waals surface area contributed by atoms with Gasteiger partial charge >= 0.3 is 0 Å². The molecular formula is C33H39N2Si+. The van der Waals surface area contributed by atoms with Crippen LogP contribution in [0.4, 0.5) is 0 Å². The van der Waals surface area contributed by atoms with E-state index in [0.29, 0.717) is 5.92 Å². The summed E-state index contributed by atoms with van der Waals surface area (Å²) in [5.41, 5.74) is 8.29. The quantitative estimate of drug-likeness (QED) is 0.0964. The average Bonchev–Trinajstić information content (AvgIpc) is 3.19. The third-order valence-electron chi connectivity index (χ3n) is 9.18. The van der Waals surface area contributed by atoms with Crippen molar-refractivity contribution in [3.8, 4) is 0 Å². The number of hydrogen-bond donors (Lipinski definition) is 0. The molecule has 36 heavy (non-hydrogen) atoms. The lowest BCUT2D eigenvalue weighted by Crippen LogP contribution is -2.45. The van der Waals surface area contributed by atoms with Crippen molar-refractivity contribution in [1.82, 2.24) is 4.40 Å². The van der Waals surface area contributed by atoms with Crippen molar-refractivity contribution >= 4 is 62.3 Å². The molecule has 0 spiro atoms. The molecule has 0 unspecified atom stereocenters.